The topological polar surface area (TPSA) is 76.2 Å². The van der Waals surface area contributed by atoms with Crippen molar-refractivity contribution in [3.8, 4) is 22.8 Å². The molecule has 1 amide bonds. The number of carbonyl (C=O) groups excluding carboxylic acids is 1. The molecular weight excluding hydrogens is 425 g/mol. The SMILES string of the molecule is C=CC(=O)Nc1ccccc1-c1cc(CCc2c(Cl)c(OC)cc(OC)c2Cl)[nH]n1. The van der Waals surface area contributed by atoms with E-state index in [2.05, 4.69) is 22.1 Å². The van der Waals surface area contributed by atoms with Gasteiger partial charge in [0.15, 0.2) is 0 Å². The zero-order valence-electron chi connectivity index (χ0n) is 16.6. The van der Waals surface area contributed by atoms with Crippen LogP contribution in [0.15, 0.2) is 49.1 Å². The molecule has 0 aliphatic heterocycles. The Balaban J connectivity index is 1.83. The quantitative estimate of drug-likeness (QED) is 0.460. The molecule has 0 bridgehead atoms. The van der Waals surface area contributed by atoms with Crippen molar-refractivity contribution in [2.75, 3.05) is 19.5 Å². The van der Waals surface area contributed by atoms with Crippen molar-refractivity contribution < 1.29 is 14.3 Å². The fourth-order valence-electron chi connectivity index (χ4n) is 3.04. The minimum absolute atomic E-state index is 0.283. The molecule has 8 heteroatoms. The number of nitrogens with one attached hydrogen (secondary N) is 2. The fraction of sp³-hybridized carbons (Fsp3) is 0.182. The average molecular weight is 446 g/mol. The summed E-state index contributed by atoms with van der Waals surface area (Å²) in [7, 11) is 3.09. The number of aromatic nitrogens is 2. The summed E-state index contributed by atoms with van der Waals surface area (Å²) in [6.45, 7) is 3.48. The van der Waals surface area contributed by atoms with Crippen LogP contribution in [0.2, 0.25) is 10.0 Å². The lowest BCUT2D eigenvalue weighted by molar-refractivity contribution is -0.111. The van der Waals surface area contributed by atoms with Crippen molar-refractivity contribution in [3.05, 3.63) is 70.4 Å². The number of nitrogens with zero attached hydrogens (tertiary/aromatic N) is 1. The second-order valence-corrected chi connectivity index (χ2v) is 7.16. The standard InChI is InChI=1S/C22H21Cl2N3O3/c1-4-20(28)25-16-8-6-5-7-14(16)17-11-13(26-27-17)9-10-15-21(23)18(29-2)12-19(30-3)22(15)24/h4-8,11-12H,1,9-10H2,2-3H3,(H,25,28)(H,26,27). The van der Waals surface area contributed by atoms with Gasteiger partial charge in [-0.1, -0.05) is 48.0 Å². The van der Waals surface area contributed by atoms with Gasteiger partial charge in [-0.25, -0.2) is 0 Å². The second-order valence-electron chi connectivity index (χ2n) is 6.40. The molecule has 0 saturated carbocycles. The largest absolute Gasteiger partial charge is 0.495 e. The highest BCUT2D eigenvalue weighted by Gasteiger charge is 2.18. The number of aromatic amines is 1. The highest BCUT2D eigenvalue weighted by molar-refractivity contribution is 6.37. The second kappa shape index (κ2) is 9.69. The van der Waals surface area contributed by atoms with Crippen LogP contribution in [0.1, 0.15) is 11.3 Å². The summed E-state index contributed by atoms with van der Waals surface area (Å²) < 4.78 is 10.6. The lowest BCUT2D eigenvalue weighted by atomic mass is 10.1. The van der Waals surface area contributed by atoms with Crippen LogP contribution in [0.25, 0.3) is 11.3 Å². The molecule has 2 N–H and O–H groups in total. The van der Waals surface area contributed by atoms with Gasteiger partial charge in [-0.15, -0.1) is 0 Å². The third-order valence-corrected chi connectivity index (χ3v) is 5.41. The summed E-state index contributed by atoms with van der Waals surface area (Å²) in [6.07, 6.45) is 2.40. The van der Waals surface area contributed by atoms with E-state index in [9.17, 15) is 4.79 Å². The molecule has 0 fully saturated rings. The molecule has 0 radical (unpaired) electrons. The number of benzene rings is 2. The minimum Gasteiger partial charge on any atom is -0.495 e. The molecule has 3 aromatic rings. The maximum atomic E-state index is 11.7. The van der Waals surface area contributed by atoms with Gasteiger partial charge in [0.2, 0.25) is 5.91 Å². The molecule has 0 unspecified atom stereocenters. The van der Waals surface area contributed by atoms with Gasteiger partial charge >= 0.3 is 0 Å². The molecular formula is C22H21Cl2N3O3. The van der Waals surface area contributed by atoms with E-state index in [-0.39, 0.29) is 5.91 Å². The van der Waals surface area contributed by atoms with Crippen LogP contribution in [-0.4, -0.2) is 30.3 Å². The molecule has 30 heavy (non-hydrogen) atoms. The van der Waals surface area contributed by atoms with Gasteiger partial charge in [0.05, 0.1) is 35.6 Å². The van der Waals surface area contributed by atoms with Gasteiger partial charge in [-0.05, 0) is 36.6 Å². The maximum absolute atomic E-state index is 11.7. The summed E-state index contributed by atoms with van der Waals surface area (Å²) in [4.78, 5) is 11.7. The van der Waals surface area contributed by atoms with E-state index >= 15 is 0 Å². The first-order valence-corrected chi connectivity index (χ1v) is 9.90. The summed E-state index contributed by atoms with van der Waals surface area (Å²) in [5.74, 6) is 0.727. The van der Waals surface area contributed by atoms with Crippen LogP contribution in [0.4, 0.5) is 5.69 Å². The van der Waals surface area contributed by atoms with Gasteiger partial charge in [-0.2, -0.15) is 5.10 Å². The number of anilines is 1. The molecule has 1 heterocycles. The van der Waals surface area contributed by atoms with Crippen molar-refractivity contribution in [2.24, 2.45) is 0 Å². The number of methoxy groups -OCH3 is 2. The summed E-state index contributed by atoms with van der Waals surface area (Å²) in [5, 5.41) is 11.1. The Hall–Kier alpha value is -2.96. The molecule has 0 spiro atoms. The average Bonchev–Trinajstić information content (AvgIpc) is 3.23. The van der Waals surface area contributed by atoms with Gasteiger partial charge in [0.25, 0.3) is 0 Å². The van der Waals surface area contributed by atoms with Gasteiger partial charge in [-0.3, -0.25) is 9.89 Å². The van der Waals surface area contributed by atoms with E-state index in [1.807, 2.05) is 30.3 Å². The van der Waals surface area contributed by atoms with Crippen LogP contribution in [0.5, 0.6) is 11.5 Å². The maximum Gasteiger partial charge on any atom is 0.247 e. The highest BCUT2D eigenvalue weighted by atomic mass is 35.5. The minimum atomic E-state index is -0.283. The molecule has 0 atom stereocenters. The Labute approximate surface area is 184 Å². The normalized spacial score (nSPS) is 10.5. The van der Waals surface area contributed by atoms with Crippen LogP contribution < -0.4 is 14.8 Å². The van der Waals surface area contributed by atoms with E-state index in [0.29, 0.717) is 45.8 Å². The van der Waals surface area contributed by atoms with Crippen LogP contribution >= 0.6 is 23.2 Å². The van der Waals surface area contributed by atoms with E-state index in [0.717, 1.165) is 16.8 Å². The van der Waals surface area contributed by atoms with Gasteiger partial charge in [0, 0.05) is 17.3 Å². The number of ether oxygens (including phenoxy) is 2. The van der Waals surface area contributed by atoms with Crippen LogP contribution in [0.3, 0.4) is 0 Å². The van der Waals surface area contributed by atoms with Crippen molar-refractivity contribution in [1.82, 2.24) is 10.2 Å². The lowest BCUT2D eigenvalue weighted by Gasteiger charge is -2.14. The fourth-order valence-corrected chi connectivity index (χ4v) is 3.73. The number of rotatable bonds is 8. The molecule has 156 valence electrons. The Bertz CT molecular complexity index is 1050. The summed E-state index contributed by atoms with van der Waals surface area (Å²) in [5.41, 5.74) is 3.80. The van der Waals surface area contributed by atoms with Gasteiger partial charge in [0.1, 0.15) is 11.5 Å². The lowest BCUT2D eigenvalue weighted by Crippen LogP contribution is -2.08. The number of carbonyl (C=O) groups is 1. The van der Waals surface area contributed by atoms with Crippen molar-refractivity contribution in [2.45, 2.75) is 12.8 Å². The van der Waals surface area contributed by atoms with Gasteiger partial charge < -0.3 is 14.8 Å². The first-order valence-electron chi connectivity index (χ1n) is 9.14. The van der Waals surface area contributed by atoms with Crippen molar-refractivity contribution in [3.63, 3.8) is 0 Å². The van der Waals surface area contributed by atoms with E-state index in [1.165, 1.54) is 6.08 Å². The zero-order valence-corrected chi connectivity index (χ0v) is 18.1. The van der Waals surface area contributed by atoms with Crippen molar-refractivity contribution in [1.29, 1.82) is 0 Å². The molecule has 0 aliphatic carbocycles. The third kappa shape index (κ3) is 4.61. The zero-order chi connectivity index (χ0) is 21.7. The predicted molar refractivity (Wildman–Crippen MR) is 120 cm³/mol. The van der Waals surface area contributed by atoms with Crippen LogP contribution in [-0.2, 0) is 17.6 Å². The number of amides is 1. The summed E-state index contributed by atoms with van der Waals surface area (Å²) in [6, 6.07) is 11.0. The highest BCUT2D eigenvalue weighted by Crippen LogP contribution is 2.41. The Morgan fingerprint density at radius 2 is 1.80 bits per heavy atom. The molecule has 3 rings (SSSR count). The van der Waals surface area contributed by atoms with Crippen LogP contribution in [0, 0.1) is 0 Å². The molecule has 2 aromatic carbocycles. The Morgan fingerprint density at radius 3 is 2.43 bits per heavy atom. The molecule has 1 aromatic heterocycles. The first-order chi connectivity index (χ1) is 14.5. The number of hydrogen-bond donors (Lipinski definition) is 2. The van der Waals surface area contributed by atoms with E-state index in [4.69, 9.17) is 32.7 Å². The summed E-state index contributed by atoms with van der Waals surface area (Å²) >= 11 is 12.9. The van der Waals surface area contributed by atoms with E-state index < -0.39 is 0 Å². The molecule has 0 saturated heterocycles. The number of para-hydroxylation sites is 1. The number of hydrogen-bond acceptors (Lipinski definition) is 4. The van der Waals surface area contributed by atoms with E-state index in [1.54, 1.807) is 20.3 Å². The molecule has 6 nitrogen and oxygen atoms in total. The smallest absolute Gasteiger partial charge is 0.247 e. The first kappa shape index (κ1) is 21.7. The number of aryl methyl sites for hydroxylation is 1. The Morgan fingerprint density at radius 1 is 1.13 bits per heavy atom. The third-order valence-electron chi connectivity index (χ3n) is 4.59. The number of halogens is 2. The monoisotopic (exact) mass is 445 g/mol. The van der Waals surface area contributed by atoms with Crippen molar-refractivity contribution >= 4 is 34.8 Å². The molecule has 0 aliphatic rings. The predicted octanol–water partition coefficient (Wildman–Crippen LogP) is 5.31. The number of H-pyrrole nitrogens is 1. The Kier molecular flexibility index (Phi) is 7.03.